The van der Waals surface area contributed by atoms with Gasteiger partial charge >= 0.3 is 5.97 Å². The maximum Gasteiger partial charge on any atom is 0.342 e. The lowest BCUT2D eigenvalue weighted by molar-refractivity contribution is -0.169. The van der Waals surface area contributed by atoms with Crippen molar-refractivity contribution in [2.24, 2.45) is 11.8 Å². The Balaban J connectivity index is 1.38. The Hall–Kier alpha value is -3.63. The van der Waals surface area contributed by atoms with Crippen molar-refractivity contribution in [3.63, 3.8) is 0 Å². The third-order valence-electron chi connectivity index (χ3n) is 9.80. The highest BCUT2D eigenvalue weighted by Gasteiger charge is 2.44. The number of aromatic nitrogens is 2. The molecule has 0 bridgehead atoms. The van der Waals surface area contributed by atoms with Crippen LogP contribution in [-0.2, 0) is 39.5 Å². The molecule has 41 heavy (non-hydrogen) atoms. The second-order valence-corrected chi connectivity index (χ2v) is 12.2. The van der Waals surface area contributed by atoms with Gasteiger partial charge in [0, 0.05) is 35.1 Å². The maximum absolute atomic E-state index is 15.1. The zero-order chi connectivity index (χ0) is 28.8. The molecule has 2 aliphatic carbocycles. The predicted octanol–water partition coefficient (Wildman–Crippen LogP) is 3.04. The number of halogens is 1. The first-order chi connectivity index (χ1) is 19.6. The molecule has 1 amide bonds. The summed E-state index contributed by atoms with van der Waals surface area (Å²) in [7, 11) is 0. The number of cyclic esters (lactones) is 1. The van der Waals surface area contributed by atoms with Crippen LogP contribution in [0.25, 0.3) is 22.3 Å². The van der Waals surface area contributed by atoms with Crippen molar-refractivity contribution >= 4 is 22.8 Å². The van der Waals surface area contributed by atoms with Gasteiger partial charge in [0.2, 0.25) is 5.91 Å². The molecule has 0 spiro atoms. The lowest BCUT2D eigenvalue weighted by Gasteiger charge is -2.32. The van der Waals surface area contributed by atoms with Crippen LogP contribution >= 0.6 is 0 Å². The van der Waals surface area contributed by atoms with Crippen LogP contribution in [0.15, 0.2) is 16.9 Å². The van der Waals surface area contributed by atoms with E-state index < -0.39 is 11.6 Å². The molecule has 3 aromatic rings. The molecule has 1 fully saturated rings. The molecule has 0 radical (unpaired) electrons. The van der Waals surface area contributed by atoms with E-state index in [-0.39, 0.29) is 66.0 Å². The highest BCUT2D eigenvalue weighted by Crippen LogP contribution is 2.46. The Morgan fingerprint density at radius 3 is 2.66 bits per heavy atom. The fourth-order valence-corrected chi connectivity index (χ4v) is 7.35. The van der Waals surface area contributed by atoms with Gasteiger partial charge in [-0.3, -0.25) is 9.59 Å². The SMILES string of the molecule is Cc1c(F)cc2nc3c(c4c2c1CC[C@@H]4NC(=O)C1CCC(CO)CC1)Cn1c-3cc2c(c1=O)COC(=O)[C@@]2(C)O. The van der Waals surface area contributed by atoms with Gasteiger partial charge in [-0.25, -0.2) is 14.2 Å². The van der Waals surface area contributed by atoms with E-state index in [1.54, 1.807) is 17.6 Å². The summed E-state index contributed by atoms with van der Waals surface area (Å²) in [5, 5.41) is 24.5. The van der Waals surface area contributed by atoms with E-state index in [1.807, 2.05) is 0 Å². The number of fused-ring (bicyclic) bond motifs is 5. The summed E-state index contributed by atoms with van der Waals surface area (Å²) in [5.74, 6) is -1.11. The summed E-state index contributed by atoms with van der Waals surface area (Å²) < 4.78 is 21.7. The van der Waals surface area contributed by atoms with Crippen LogP contribution in [-0.4, -0.2) is 38.2 Å². The molecule has 1 saturated carbocycles. The quantitative estimate of drug-likeness (QED) is 0.328. The Morgan fingerprint density at radius 1 is 1.17 bits per heavy atom. The standard InChI is InChI=1S/C31H32FN3O6/c1-14-17-7-8-22(34-28(37)16-5-3-15(12-36)4-6-16)26-18-11-35-24(27(18)33-23(25(17)26)10-21(14)32)9-20-19(29(35)38)13-41-30(39)31(20,2)40/h9-10,15-16,22,36,40H,3-8,11-13H2,1-2H3,(H,34,37)/t15?,16?,22-,31-/m0/s1. The number of carbonyl (C=O) groups is 2. The molecule has 2 aromatic heterocycles. The Morgan fingerprint density at radius 2 is 1.93 bits per heavy atom. The number of rotatable bonds is 3. The van der Waals surface area contributed by atoms with Crippen LogP contribution in [0.5, 0.6) is 0 Å². The van der Waals surface area contributed by atoms with Gasteiger partial charge in [-0.05, 0) is 81.0 Å². The van der Waals surface area contributed by atoms with Gasteiger partial charge in [0.05, 0.1) is 35.1 Å². The average Bonchev–Trinajstić information content (AvgIpc) is 3.33. The van der Waals surface area contributed by atoms with Crippen molar-refractivity contribution < 1.29 is 28.9 Å². The molecular formula is C31H32FN3O6. The second-order valence-electron chi connectivity index (χ2n) is 12.2. The fourth-order valence-electron chi connectivity index (χ4n) is 7.35. The number of hydrogen-bond acceptors (Lipinski definition) is 7. The fraction of sp³-hybridized carbons (Fsp3) is 0.484. The number of nitrogens with one attached hydrogen (secondary N) is 1. The molecule has 0 saturated heterocycles. The minimum atomic E-state index is -1.99. The molecule has 2 atom stereocenters. The number of ether oxygens (including phenoxy) is 1. The number of carbonyl (C=O) groups excluding carboxylic acids is 2. The maximum atomic E-state index is 15.1. The number of pyridine rings is 2. The monoisotopic (exact) mass is 561 g/mol. The Bertz CT molecular complexity index is 1720. The molecule has 2 aliphatic heterocycles. The van der Waals surface area contributed by atoms with Crippen molar-refractivity contribution in [1.29, 1.82) is 0 Å². The van der Waals surface area contributed by atoms with E-state index in [4.69, 9.17) is 9.72 Å². The smallest absolute Gasteiger partial charge is 0.342 e. The number of esters is 1. The van der Waals surface area contributed by atoms with E-state index in [2.05, 4.69) is 5.32 Å². The summed E-state index contributed by atoms with van der Waals surface area (Å²) in [4.78, 5) is 44.3. The van der Waals surface area contributed by atoms with Crippen LogP contribution in [0.4, 0.5) is 4.39 Å². The number of aliphatic hydroxyl groups excluding tert-OH is 1. The zero-order valence-corrected chi connectivity index (χ0v) is 23.1. The molecule has 4 aliphatic rings. The first-order valence-electron chi connectivity index (χ1n) is 14.3. The zero-order valence-electron chi connectivity index (χ0n) is 23.1. The highest BCUT2D eigenvalue weighted by molar-refractivity contribution is 5.94. The molecule has 3 N–H and O–H groups in total. The van der Waals surface area contributed by atoms with Crippen LogP contribution < -0.4 is 10.9 Å². The number of aliphatic hydroxyl groups is 2. The molecular weight excluding hydrogens is 529 g/mol. The highest BCUT2D eigenvalue weighted by atomic mass is 19.1. The van der Waals surface area contributed by atoms with Gasteiger partial charge in [-0.2, -0.15) is 0 Å². The van der Waals surface area contributed by atoms with Gasteiger partial charge in [-0.15, -0.1) is 0 Å². The lowest BCUT2D eigenvalue weighted by Crippen LogP contribution is -2.42. The topological polar surface area (TPSA) is 131 Å². The van der Waals surface area contributed by atoms with E-state index in [9.17, 15) is 24.6 Å². The molecule has 214 valence electrons. The van der Waals surface area contributed by atoms with Gasteiger partial charge in [0.15, 0.2) is 5.60 Å². The summed E-state index contributed by atoms with van der Waals surface area (Å²) in [6.07, 6.45) is 4.24. The normalized spacial score (nSPS) is 26.3. The van der Waals surface area contributed by atoms with Crippen LogP contribution in [0, 0.1) is 24.6 Å². The molecule has 9 nitrogen and oxygen atoms in total. The van der Waals surface area contributed by atoms with Crippen molar-refractivity contribution in [2.75, 3.05) is 6.61 Å². The predicted molar refractivity (Wildman–Crippen MR) is 146 cm³/mol. The molecule has 1 aromatic carbocycles. The molecule has 10 heteroatoms. The van der Waals surface area contributed by atoms with Crippen molar-refractivity contribution in [2.45, 2.75) is 77.2 Å². The van der Waals surface area contributed by atoms with Crippen LogP contribution in [0.3, 0.4) is 0 Å². The number of hydrogen-bond donors (Lipinski definition) is 3. The van der Waals surface area contributed by atoms with E-state index in [0.717, 1.165) is 47.8 Å². The minimum absolute atomic E-state index is 0.0257. The van der Waals surface area contributed by atoms with Gasteiger partial charge in [-0.1, -0.05) is 0 Å². The summed E-state index contributed by atoms with van der Waals surface area (Å²) >= 11 is 0. The number of nitrogens with zero attached hydrogens (tertiary/aromatic N) is 2. The Labute approximate surface area is 235 Å². The largest absolute Gasteiger partial charge is 0.458 e. The third-order valence-corrected chi connectivity index (χ3v) is 9.80. The molecule has 4 heterocycles. The summed E-state index contributed by atoms with van der Waals surface area (Å²) in [6.45, 7) is 3.18. The average molecular weight is 562 g/mol. The molecule has 7 rings (SSSR count). The van der Waals surface area contributed by atoms with Crippen molar-refractivity contribution in [1.82, 2.24) is 14.9 Å². The van der Waals surface area contributed by atoms with Crippen LogP contribution in [0.1, 0.15) is 78.5 Å². The van der Waals surface area contributed by atoms with Gasteiger partial charge < -0.3 is 24.8 Å². The van der Waals surface area contributed by atoms with Crippen molar-refractivity contribution in [3.05, 3.63) is 61.7 Å². The number of aryl methyl sites for hydroxylation is 1. The minimum Gasteiger partial charge on any atom is -0.458 e. The van der Waals surface area contributed by atoms with Crippen LogP contribution in [0.2, 0.25) is 0 Å². The van der Waals surface area contributed by atoms with E-state index in [0.29, 0.717) is 35.3 Å². The van der Waals surface area contributed by atoms with Gasteiger partial charge in [0.25, 0.3) is 5.56 Å². The first kappa shape index (κ1) is 26.3. The Kier molecular flexibility index (Phi) is 5.89. The first-order valence-corrected chi connectivity index (χ1v) is 14.3. The lowest BCUT2D eigenvalue weighted by atomic mass is 9.80. The molecule has 0 unspecified atom stereocenters. The number of benzene rings is 1. The van der Waals surface area contributed by atoms with Crippen molar-refractivity contribution in [3.8, 4) is 11.4 Å². The summed E-state index contributed by atoms with van der Waals surface area (Å²) in [5.41, 5.74) is 2.48. The number of amides is 1. The van der Waals surface area contributed by atoms with E-state index in [1.165, 1.54) is 13.0 Å². The van der Waals surface area contributed by atoms with E-state index >= 15 is 4.39 Å². The second kappa shape index (κ2) is 9.19. The summed E-state index contributed by atoms with van der Waals surface area (Å²) in [6, 6.07) is 2.68. The van der Waals surface area contributed by atoms with Gasteiger partial charge in [0.1, 0.15) is 12.4 Å². The third kappa shape index (κ3) is 3.80.